The predicted octanol–water partition coefficient (Wildman–Crippen LogP) is 1.56. The largest absolute Gasteiger partial charge is 0.386 e. The van der Waals surface area contributed by atoms with Crippen LogP contribution in [0.2, 0.25) is 0 Å². The summed E-state index contributed by atoms with van der Waals surface area (Å²) in [7, 11) is 0. The number of hydrogen-bond donors (Lipinski definition) is 2. The molecular weight excluding hydrogens is 196 g/mol. The molecule has 0 amide bonds. The minimum atomic E-state index is -0.384. The van der Waals surface area contributed by atoms with Gasteiger partial charge in [0.05, 0.1) is 10.4 Å². The number of aromatic nitrogens is 1. The standard InChI is InChI=1S/C10H16N2OS/c1-7-2-3-12-8(4-7)10(13)9-5-11-6-14-9/h5-8,10,12-13H,2-4H2,1H3. The summed E-state index contributed by atoms with van der Waals surface area (Å²) in [6.45, 7) is 3.26. The average Bonchev–Trinajstić information content (AvgIpc) is 2.69. The van der Waals surface area contributed by atoms with E-state index in [9.17, 15) is 5.11 Å². The van der Waals surface area contributed by atoms with Crippen molar-refractivity contribution in [1.82, 2.24) is 10.3 Å². The highest BCUT2D eigenvalue weighted by molar-refractivity contribution is 7.09. The number of piperidine rings is 1. The van der Waals surface area contributed by atoms with Crippen LogP contribution in [0.25, 0.3) is 0 Å². The van der Waals surface area contributed by atoms with Crippen molar-refractivity contribution in [1.29, 1.82) is 0 Å². The third kappa shape index (κ3) is 2.13. The second-order valence-electron chi connectivity index (χ2n) is 4.04. The monoisotopic (exact) mass is 212 g/mol. The summed E-state index contributed by atoms with van der Waals surface area (Å²) in [5.41, 5.74) is 1.77. The summed E-state index contributed by atoms with van der Waals surface area (Å²) >= 11 is 1.52. The Balaban J connectivity index is 2.00. The van der Waals surface area contributed by atoms with Crippen LogP contribution in [-0.2, 0) is 0 Å². The van der Waals surface area contributed by atoms with Gasteiger partial charge in [0.15, 0.2) is 0 Å². The van der Waals surface area contributed by atoms with E-state index < -0.39 is 0 Å². The van der Waals surface area contributed by atoms with Gasteiger partial charge in [0.2, 0.25) is 0 Å². The summed E-state index contributed by atoms with van der Waals surface area (Å²) in [5.74, 6) is 0.712. The molecule has 0 bridgehead atoms. The van der Waals surface area contributed by atoms with E-state index in [1.807, 2.05) is 0 Å². The minimum absolute atomic E-state index is 0.208. The number of nitrogens with zero attached hydrogens (tertiary/aromatic N) is 1. The molecule has 0 saturated carbocycles. The topological polar surface area (TPSA) is 45.1 Å². The molecule has 0 spiro atoms. The zero-order valence-corrected chi connectivity index (χ0v) is 9.13. The molecule has 1 aliphatic heterocycles. The second-order valence-corrected chi connectivity index (χ2v) is 4.96. The zero-order valence-electron chi connectivity index (χ0n) is 8.31. The Morgan fingerprint density at radius 2 is 2.57 bits per heavy atom. The van der Waals surface area contributed by atoms with Gasteiger partial charge in [0.25, 0.3) is 0 Å². The Bertz CT molecular complexity index is 276. The number of hydrogen-bond acceptors (Lipinski definition) is 4. The quantitative estimate of drug-likeness (QED) is 0.782. The molecule has 3 atom stereocenters. The van der Waals surface area contributed by atoms with Crippen LogP contribution in [0.4, 0.5) is 0 Å². The van der Waals surface area contributed by atoms with Crippen molar-refractivity contribution in [2.45, 2.75) is 31.9 Å². The second kappa shape index (κ2) is 4.38. The van der Waals surface area contributed by atoms with E-state index >= 15 is 0 Å². The maximum absolute atomic E-state index is 10.1. The molecule has 78 valence electrons. The van der Waals surface area contributed by atoms with Gasteiger partial charge in [0, 0.05) is 12.2 Å². The van der Waals surface area contributed by atoms with Crippen LogP contribution in [-0.4, -0.2) is 22.7 Å². The molecule has 3 nitrogen and oxygen atoms in total. The SMILES string of the molecule is CC1CCNC(C(O)c2cncs2)C1. The first-order chi connectivity index (χ1) is 6.77. The van der Waals surface area contributed by atoms with Crippen LogP contribution in [0.3, 0.4) is 0 Å². The molecule has 3 unspecified atom stereocenters. The van der Waals surface area contributed by atoms with Gasteiger partial charge >= 0.3 is 0 Å². The van der Waals surface area contributed by atoms with Crippen molar-refractivity contribution in [2.75, 3.05) is 6.54 Å². The Labute approximate surface area is 88.2 Å². The highest BCUT2D eigenvalue weighted by Gasteiger charge is 2.26. The van der Waals surface area contributed by atoms with Gasteiger partial charge in [-0.15, -0.1) is 11.3 Å². The van der Waals surface area contributed by atoms with Crippen molar-refractivity contribution in [2.24, 2.45) is 5.92 Å². The lowest BCUT2D eigenvalue weighted by atomic mass is 9.91. The molecule has 14 heavy (non-hydrogen) atoms. The van der Waals surface area contributed by atoms with Crippen molar-refractivity contribution < 1.29 is 5.11 Å². The van der Waals surface area contributed by atoms with Crippen LogP contribution < -0.4 is 5.32 Å². The van der Waals surface area contributed by atoms with Crippen LogP contribution >= 0.6 is 11.3 Å². The smallest absolute Gasteiger partial charge is 0.105 e. The minimum Gasteiger partial charge on any atom is -0.386 e. The van der Waals surface area contributed by atoms with E-state index in [-0.39, 0.29) is 12.1 Å². The summed E-state index contributed by atoms with van der Waals surface area (Å²) in [4.78, 5) is 4.96. The van der Waals surface area contributed by atoms with Crippen LogP contribution in [0, 0.1) is 5.92 Å². The molecule has 1 aliphatic rings. The van der Waals surface area contributed by atoms with Crippen LogP contribution in [0.1, 0.15) is 30.7 Å². The molecule has 2 N–H and O–H groups in total. The molecule has 0 aliphatic carbocycles. The molecule has 1 aromatic heterocycles. The molecule has 4 heteroatoms. The van der Waals surface area contributed by atoms with Crippen LogP contribution in [0.15, 0.2) is 11.7 Å². The van der Waals surface area contributed by atoms with Crippen LogP contribution in [0.5, 0.6) is 0 Å². The predicted molar refractivity (Wildman–Crippen MR) is 57.3 cm³/mol. The Morgan fingerprint density at radius 3 is 3.21 bits per heavy atom. The summed E-state index contributed by atoms with van der Waals surface area (Å²) in [5, 5.41) is 13.4. The number of nitrogens with one attached hydrogen (secondary N) is 1. The Kier molecular flexibility index (Phi) is 3.15. The van der Waals surface area contributed by atoms with Gasteiger partial charge < -0.3 is 10.4 Å². The van der Waals surface area contributed by atoms with E-state index in [4.69, 9.17) is 0 Å². The Morgan fingerprint density at radius 1 is 1.71 bits per heavy atom. The molecule has 0 radical (unpaired) electrons. The highest BCUT2D eigenvalue weighted by Crippen LogP contribution is 2.27. The maximum atomic E-state index is 10.1. The lowest BCUT2D eigenvalue weighted by molar-refractivity contribution is 0.104. The van der Waals surface area contributed by atoms with E-state index in [1.165, 1.54) is 17.8 Å². The lowest BCUT2D eigenvalue weighted by Crippen LogP contribution is -2.41. The van der Waals surface area contributed by atoms with E-state index in [0.717, 1.165) is 17.8 Å². The first-order valence-electron chi connectivity index (χ1n) is 5.07. The van der Waals surface area contributed by atoms with Crippen molar-refractivity contribution in [3.63, 3.8) is 0 Å². The van der Waals surface area contributed by atoms with Gasteiger partial charge in [-0.25, -0.2) is 0 Å². The zero-order chi connectivity index (χ0) is 9.97. The van der Waals surface area contributed by atoms with Crippen molar-refractivity contribution >= 4 is 11.3 Å². The summed E-state index contributed by atoms with van der Waals surface area (Å²) in [6, 6.07) is 0.208. The molecule has 1 fully saturated rings. The van der Waals surface area contributed by atoms with Crippen molar-refractivity contribution in [3.8, 4) is 0 Å². The Hall–Kier alpha value is -0.450. The third-order valence-electron chi connectivity index (χ3n) is 2.82. The molecule has 2 rings (SSSR count). The number of thiazole rings is 1. The normalized spacial score (nSPS) is 30.1. The highest BCUT2D eigenvalue weighted by atomic mass is 32.1. The molecule has 0 aromatic carbocycles. The summed E-state index contributed by atoms with van der Waals surface area (Å²) in [6.07, 6.45) is 3.65. The maximum Gasteiger partial charge on any atom is 0.105 e. The first-order valence-corrected chi connectivity index (χ1v) is 5.95. The molecule has 1 aromatic rings. The summed E-state index contributed by atoms with van der Waals surface area (Å²) < 4.78 is 0. The first kappa shape index (κ1) is 10.1. The van der Waals surface area contributed by atoms with Gasteiger partial charge in [-0.3, -0.25) is 4.98 Å². The van der Waals surface area contributed by atoms with E-state index in [0.29, 0.717) is 5.92 Å². The fourth-order valence-electron chi connectivity index (χ4n) is 1.96. The number of rotatable bonds is 2. The molecule has 2 heterocycles. The van der Waals surface area contributed by atoms with Gasteiger partial charge in [-0.2, -0.15) is 0 Å². The number of aliphatic hydroxyl groups excluding tert-OH is 1. The van der Waals surface area contributed by atoms with Crippen molar-refractivity contribution in [3.05, 3.63) is 16.6 Å². The average molecular weight is 212 g/mol. The number of aliphatic hydroxyl groups is 1. The van der Waals surface area contributed by atoms with Gasteiger partial charge in [-0.1, -0.05) is 6.92 Å². The van der Waals surface area contributed by atoms with Gasteiger partial charge in [0.1, 0.15) is 6.10 Å². The molecular formula is C10H16N2OS. The third-order valence-corrected chi connectivity index (χ3v) is 3.67. The van der Waals surface area contributed by atoms with E-state index in [2.05, 4.69) is 17.2 Å². The fraction of sp³-hybridized carbons (Fsp3) is 0.700. The molecule has 1 saturated heterocycles. The lowest BCUT2D eigenvalue weighted by Gasteiger charge is -2.31. The van der Waals surface area contributed by atoms with E-state index in [1.54, 1.807) is 11.7 Å². The van der Waals surface area contributed by atoms with Gasteiger partial charge in [-0.05, 0) is 25.3 Å². The fourth-order valence-corrected chi connectivity index (χ4v) is 2.63.